The Bertz CT molecular complexity index is 461. The molecule has 7 nitrogen and oxygen atoms in total. The molecule has 0 aromatic carbocycles. The van der Waals surface area contributed by atoms with Gasteiger partial charge in [-0.3, -0.25) is 19.4 Å². The summed E-state index contributed by atoms with van der Waals surface area (Å²) in [6.07, 6.45) is 1.35. The highest BCUT2D eigenvalue weighted by Crippen LogP contribution is 1.93. The van der Waals surface area contributed by atoms with Crippen LogP contribution in [-0.4, -0.2) is 52.9 Å². The van der Waals surface area contributed by atoms with Crippen LogP contribution in [0.1, 0.15) is 16.9 Å². The van der Waals surface area contributed by atoms with Crippen LogP contribution in [0.25, 0.3) is 0 Å². The van der Waals surface area contributed by atoms with Crippen molar-refractivity contribution in [1.82, 2.24) is 15.2 Å². The van der Waals surface area contributed by atoms with Crippen molar-refractivity contribution in [3.8, 4) is 0 Å². The van der Waals surface area contributed by atoms with Gasteiger partial charge in [0.05, 0.1) is 13.0 Å². The van der Waals surface area contributed by atoms with Crippen molar-refractivity contribution in [2.75, 3.05) is 20.1 Å². The van der Waals surface area contributed by atoms with E-state index >= 15 is 0 Å². The molecule has 0 spiro atoms. The van der Waals surface area contributed by atoms with E-state index in [2.05, 4.69) is 10.3 Å². The molecule has 102 valence electrons. The van der Waals surface area contributed by atoms with Crippen LogP contribution in [0.15, 0.2) is 24.4 Å². The third-order valence-electron chi connectivity index (χ3n) is 2.38. The highest BCUT2D eigenvalue weighted by atomic mass is 16.4. The Labute approximate surface area is 110 Å². The van der Waals surface area contributed by atoms with Crippen LogP contribution in [0.3, 0.4) is 0 Å². The Balaban J connectivity index is 2.38. The molecule has 0 unspecified atom stereocenters. The van der Waals surface area contributed by atoms with Crippen LogP contribution >= 0.6 is 0 Å². The lowest BCUT2D eigenvalue weighted by Crippen LogP contribution is -2.39. The fourth-order valence-corrected chi connectivity index (χ4v) is 1.27. The van der Waals surface area contributed by atoms with Gasteiger partial charge >= 0.3 is 5.97 Å². The molecule has 1 heterocycles. The first kappa shape index (κ1) is 14.6. The van der Waals surface area contributed by atoms with Crippen molar-refractivity contribution in [2.45, 2.75) is 6.42 Å². The number of carboxylic acid groups (broad SMARTS) is 1. The first-order valence-corrected chi connectivity index (χ1v) is 5.65. The number of carbonyl (C=O) groups is 3. The SMILES string of the molecule is CN(CCC(=O)O)C(=O)CNC(=O)c1ccccn1. The van der Waals surface area contributed by atoms with E-state index < -0.39 is 11.9 Å². The van der Waals surface area contributed by atoms with Gasteiger partial charge in [0.15, 0.2) is 0 Å². The van der Waals surface area contributed by atoms with Gasteiger partial charge in [0.2, 0.25) is 5.91 Å². The van der Waals surface area contributed by atoms with Crippen LogP contribution < -0.4 is 5.32 Å². The summed E-state index contributed by atoms with van der Waals surface area (Å²) in [5.74, 6) is -1.77. The maximum absolute atomic E-state index is 11.6. The van der Waals surface area contributed by atoms with E-state index in [1.165, 1.54) is 24.2 Å². The highest BCUT2D eigenvalue weighted by molar-refractivity contribution is 5.94. The minimum Gasteiger partial charge on any atom is -0.481 e. The summed E-state index contributed by atoms with van der Waals surface area (Å²) in [6, 6.07) is 4.89. The number of pyridine rings is 1. The standard InChI is InChI=1S/C12H15N3O4/c1-15(7-5-11(17)18)10(16)8-14-12(19)9-4-2-3-6-13-9/h2-4,6H,5,7-8H2,1H3,(H,14,19)(H,17,18). The number of aromatic nitrogens is 1. The first-order valence-electron chi connectivity index (χ1n) is 5.65. The Morgan fingerprint density at radius 2 is 2.11 bits per heavy atom. The van der Waals surface area contributed by atoms with Crippen LogP contribution in [0.2, 0.25) is 0 Å². The van der Waals surface area contributed by atoms with Crippen LogP contribution in [0.5, 0.6) is 0 Å². The third kappa shape index (κ3) is 5.15. The molecule has 0 bridgehead atoms. The molecular formula is C12H15N3O4. The maximum atomic E-state index is 11.6. The number of nitrogens with one attached hydrogen (secondary N) is 1. The van der Waals surface area contributed by atoms with Crippen LogP contribution in [-0.2, 0) is 9.59 Å². The Morgan fingerprint density at radius 3 is 2.68 bits per heavy atom. The van der Waals surface area contributed by atoms with Crippen molar-refractivity contribution in [3.63, 3.8) is 0 Å². The molecule has 0 aliphatic heterocycles. The summed E-state index contributed by atoms with van der Waals surface area (Å²) in [5.41, 5.74) is 0.225. The molecule has 7 heteroatoms. The number of nitrogens with zero attached hydrogens (tertiary/aromatic N) is 2. The van der Waals surface area contributed by atoms with Crippen molar-refractivity contribution < 1.29 is 19.5 Å². The van der Waals surface area contributed by atoms with E-state index in [0.29, 0.717) is 0 Å². The van der Waals surface area contributed by atoms with Crippen LogP contribution in [0, 0.1) is 0 Å². The van der Waals surface area contributed by atoms with E-state index in [1.54, 1.807) is 12.1 Å². The average Bonchev–Trinajstić information content (AvgIpc) is 2.42. The van der Waals surface area contributed by atoms with E-state index in [4.69, 9.17) is 5.11 Å². The molecule has 1 aromatic heterocycles. The van der Waals surface area contributed by atoms with Gasteiger partial charge in [-0.05, 0) is 12.1 Å². The molecule has 0 aliphatic rings. The predicted octanol–water partition coefficient (Wildman–Crippen LogP) is -0.255. The number of amides is 2. The Morgan fingerprint density at radius 1 is 1.37 bits per heavy atom. The lowest BCUT2D eigenvalue weighted by molar-refractivity contribution is -0.138. The Hall–Kier alpha value is -2.44. The molecule has 19 heavy (non-hydrogen) atoms. The summed E-state index contributed by atoms with van der Waals surface area (Å²) in [6.45, 7) is -0.0842. The number of likely N-dealkylation sites (N-methyl/N-ethyl adjacent to an activating group) is 1. The number of hydrogen-bond donors (Lipinski definition) is 2. The van der Waals surface area contributed by atoms with Crippen molar-refractivity contribution in [1.29, 1.82) is 0 Å². The van der Waals surface area contributed by atoms with Gasteiger partial charge in [-0.25, -0.2) is 0 Å². The molecule has 0 saturated carbocycles. The Kier molecular flexibility index (Phi) is 5.46. The van der Waals surface area contributed by atoms with Gasteiger partial charge in [-0.2, -0.15) is 0 Å². The minimum absolute atomic E-state index is 0.105. The number of aliphatic carboxylic acids is 1. The molecule has 0 saturated heterocycles. The molecule has 0 aliphatic carbocycles. The van der Waals surface area contributed by atoms with Gasteiger partial charge in [0, 0.05) is 19.8 Å². The fraction of sp³-hybridized carbons (Fsp3) is 0.333. The molecule has 1 rings (SSSR count). The highest BCUT2D eigenvalue weighted by Gasteiger charge is 2.12. The quantitative estimate of drug-likeness (QED) is 0.738. The maximum Gasteiger partial charge on any atom is 0.305 e. The second kappa shape index (κ2) is 7.10. The monoisotopic (exact) mass is 265 g/mol. The minimum atomic E-state index is -0.975. The van der Waals surface area contributed by atoms with Gasteiger partial charge in [-0.1, -0.05) is 6.07 Å². The normalized spacial score (nSPS) is 9.74. The summed E-state index contributed by atoms with van der Waals surface area (Å²) in [4.78, 5) is 38.7. The third-order valence-corrected chi connectivity index (χ3v) is 2.38. The topological polar surface area (TPSA) is 99.6 Å². The summed E-state index contributed by atoms with van der Waals surface area (Å²) in [7, 11) is 1.48. The van der Waals surface area contributed by atoms with E-state index in [1.807, 2.05) is 0 Å². The van der Waals surface area contributed by atoms with Crippen molar-refractivity contribution in [2.24, 2.45) is 0 Å². The predicted molar refractivity (Wildman–Crippen MR) is 66.5 cm³/mol. The second-order valence-corrected chi connectivity index (χ2v) is 3.86. The molecule has 0 radical (unpaired) electrons. The van der Waals surface area contributed by atoms with E-state index in [9.17, 15) is 14.4 Å². The number of rotatable bonds is 6. The second-order valence-electron chi connectivity index (χ2n) is 3.86. The fourth-order valence-electron chi connectivity index (χ4n) is 1.27. The van der Waals surface area contributed by atoms with Gasteiger partial charge in [-0.15, -0.1) is 0 Å². The van der Waals surface area contributed by atoms with Crippen molar-refractivity contribution >= 4 is 17.8 Å². The lowest BCUT2D eigenvalue weighted by Gasteiger charge is -2.16. The van der Waals surface area contributed by atoms with Gasteiger partial charge in [0.25, 0.3) is 5.91 Å². The zero-order chi connectivity index (χ0) is 14.3. The molecular weight excluding hydrogens is 250 g/mol. The van der Waals surface area contributed by atoms with Gasteiger partial charge < -0.3 is 15.3 Å². The molecule has 0 fully saturated rings. The molecule has 2 N–H and O–H groups in total. The number of carbonyl (C=O) groups excluding carboxylic acids is 2. The van der Waals surface area contributed by atoms with Crippen molar-refractivity contribution in [3.05, 3.63) is 30.1 Å². The van der Waals surface area contributed by atoms with E-state index in [0.717, 1.165) is 0 Å². The molecule has 2 amide bonds. The lowest BCUT2D eigenvalue weighted by atomic mass is 10.3. The summed E-state index contributed by atoms with van der Waals surface area (Å²) in [5, 5.41) is 10.9. The van der Waals surface area contributed by atoms with Crippen LogP contribution in [0.4, 0.5) is 0 Å². The first-order chi connectivity index (χ1) is 9.00. The number of carboxylic acids is 1. The summed E-state index contributed by atoms with van der Waals surface area (Å²) < 4.78 is 0. The van der Waals surface area contributed by atoms with E-state index in [-0.39, 0.29) is 31.1 Å². The smallest absolute Gasteiger partial charge is 0.305 e. The molecule has 0 atom stereocenters. The zero-order valence-electron chi connectivity index (χ0n) is 10.5. The zero-order valence-corrected chi connectivity index (χ0v) is 10.5. The summed E-state index contributed by atoms with van der Waals surface area (Å²) >= 11 is 0. The molecule has 1 aromatic rings. The average molecular weight is 265 g/mol. The number of hydrogen-bond acceptors (Lipinski definition) is 4. The largest absolute Gasteiger partial charge is 0.481 e. The van der Waals surface area contributed by atoms with Gasteiger partial charge in [0.1, 0.15) is 5.69 Å².